The number of likely N-dealkylation sites (tertiary alicyclic amines) is 2. The number of hydrogen-bond acceptors (Lipinski definition) is 3. The molecule has 5 rings (SSSR count). The first-order valence-electron chi connectivity index (χ1n) is 14.3. The summed E-state index contributed by atoms with van der Waals surface area (Å²) in [5, 5.41) is 0.985. The van der Waals surface area contributed by atoms with E-state index in [9.17, 15) is 22.8 Å². The number of halogens is 5. The van der Waals surface area contributed by atoms with Crippen LogP contribution in [0.4, 0.5) is 13.2 Å². The summed E-state index contributed by atoms with van der Waals surface area (Å²) in [7, 11) is 1.74. The Kier molecular flexibility index (Phi) is 9.22. The molecule has 2 aliphatic heterocycles. The highest BCUT2D eigenvalue weighted by atomic mass is 35.5. The van der Waals surface area contributed by atoms with Crippen LogP contribution in [0.15, 0.2) is 36.4 Å². The summed E-state index contributed by atoms with van der Waals surface area (Å²) in [6.07, 6.45) is 1.08. The van der Waals surface area contributed by atoms with Gasteiger partial charge in [0.15, 0.2) is 0 Å². The molecule has 1 aliphatic carbocycles. The number of amides is 2. The molecule has 2 heterocycles. The van der Waals surface area contributed by atoms with Crippen molar-refractivity contribution in [2.45, 2.75) is 69.7 Å². The second-order valence-electron chi connectivity index (χ2n) is 11.5. The van der Waals surface area contributed by atoms with Gasteiger partial charge in [0.2, 0.25) is 5.91 Å². The maximum absolute atomic E-state index is 13.3. The zero-order chi connectivity index (χ0) is 29.3. The monoisotopic (exact) mass is 610 g/mol. The molecule has 0 aromatic heterocycles. The van der Waals surface area contributed by atoms with Gasteiger partial charge in [-0.05, 0) is 92.3 Å². The molecule has 1 saturated carbocycles. The summed E-state index contributed by atoms with van der Waals surface area (Å²) >= 11 is 13.4. The average Bonchev–Trinajstić information content (AvgIpc) is 3.33. The number of alkyl halides is 3. The topological polar surface area (TPSA) is 49.9 Å². The lowest BCUT2D eigenvalue weighted by atomic mass is 9.91. The van der Waals surface area contributed by atoms with Crippen LogP contribution in [-0.2, 0) is 16.0 Å². The fraction of sp³-hybridized carbons (Fsp3) is 0.548. The van der Waals surface area contributed by atoms with Crippen LogP contribution in [0.5, 0.6) is 0 Å². The third-order valence-corrected chi connectivity index (χ3v) is 9.74. The number of hydrogen-bond donors (Lipinski definition) is 0. The maximum atomic E-state index is 13.3. The predicted octanol–water partition coefficient (Wildman–Crippen LogP) is 7.42. The van der Waals surface area contributed by atoms with Gasteiger partial charge >= 0.3 is 6.18 Å². The van der Waals surface area contributed by atoms with E-state index in [-0.39, 0.29) is 55.8 Å². The zero-order valence-corrected chi connectivity index (χ0v) is 24.6. The fourth-order valence-electron chi connectivity index (χ4n) is 6.52. The molecule has 1 atom stereocenters. The number of carbonyl (C=O) groups excluding carboxylic acids is 2. The third kappa shape index (κ3) is 6.70. The molecule has 10 heteroatoms. The van der Waals surface area contributed by atoms with Gasteiger partial charge in [0, 0.05) is 54.3 Å². The van der Waals surface area contributed by atoms with E-state index in [4.69, 9.17) is 27.9 Å². The molecule has 2 amide bonds. The van der Waals surface area contributed by atoms with Gasteiger partial charge in [-0.15, -0.1) is 0 Å². The molecule has 0 N–H and O–H groups in total. The van der Waals surface area contributed by atoms with Crippen molar-refractivity contribution in [1.82, 2.24) is 9.80 Å². The Balaban J connectivity index is 1.21. The summed E-state index contributed by atoms with van der Waals surface area (Å²) in [5.41, 5.74) is 2.77. The fourth-order valence-corrected chi connectivity index (χ4v) is 7.16. The van der Waals surface area contributed by atoms with Crippen molar-refractivity contribution in [3.8, 4) is 11.1 Å². The number of nitrogens with zero attached hydrogens (tertiary/aromatic N) is 2. The summed E-state index contributed by atoms with van der Waals surface area (Å²) in [4.78, 5) is 29.6. The first-order valence-corrected chi connectivity index (χ1v) is 15.1. The lowest BCUT2D eigenvalue weighted by Crippen LogP contribution is -2.42. The molecule has 5 nitrogen and oxygen atoms in total. The van der Waals surface area contributed by atoms with Crippen LogP contribution in [-0.4, -0.2) is 66.7 Å². The maximum Gasteiger partial charge on any atom is 0.391 e. The van der Waals surface area contributed by atoms with Crippen molar-refractivity contribution in [3.05, 3.63) is 57.6 Å². The lowest BCUT2D eigenvalue weighted by molar-refractivity contribution is -0.183. The Morgan fingerprint density at radius 1 is 0.902 bits per heavy atom. The van der Waals surface area contributed by atoms with E-state index in [0.29, 0.717) is 22.0 Å². The molecule has 0 unspecified atom stereocenters. The van der Waals surface area contributed by atoms with E-state index >= 15 is 0 Å². The molecule has 3 fully saturated rings. The second kappa shape index (κ2) is 12.5. The Bertz CT molecular complexity index is 1230. The smallest absolute Gasteiger partial charge is 0.381 e. The van der Waals surface area contributed by atoms with Crippen LogP contribution in [0.2, 0.25) is 10.0 Å². The van der Waals surface area contributed by atoms with E-state index < -0.39 is 12.1 Å². The number of ether oxygens (including phenoxy) is 1. The molecule has 0 spiro atoms. The second-order valence-corrected chi connectivity index (χ2v) is 12.3. The van der Waals surface area contributed by atoms with Gasteiger partial charge in [0.05, 0.1) is 12.0 Å². The van der Waals surface area contributed by atoms with Crippen molar-refractivity contribution in [2.24, 2.45) is 11.8 Å². The number of piperidine rings is 1. The van der Waals surface area contributed by atoms with Crippen molar-refractivity contribution in [2.75, 3.05) is 26.7 Å². The first kappa shape index (κ1) is 30.2. The summed E-state index contributed by atoms with van der Waals surface area (Å²) < 4.78 is 44.4. The molecule has 0 radical (unpaired) electrons. The first-order chi connectivity index (χ1) is 19.5. The third-order valence-electron chi connectivity index (χ3n) is 9.07. The molecule has 3 aliphatic rings. The average molecular weight is 612 g/mol. The highest BCUT2D eigenvalue weighted by Gasteiger charge is 2.42. The molecule has 2 aromatic carbocycles. The van der Waals surface area contributed by atoms with Crippen LogP contribution in [0.1, 0.15) is 60.9 Å². The van der Waals surface area contributed by atoms with Gasteiger partial charge in [-0.25, -0.2) is 0 Å². The van der Waals surface area contributed by atoms with Crippen molar-refractivity contribution < 1.29 is 27.5 Å². The largest absolute Gasteiger partial charge is 0.391 e. The minimum atomic E-state index is -4.22. The Hall–Kier alpha value is -2.29. The van der Waals surface area contributed by atoms with Crippen LogP contribution in [0.3, 0.4) is 0 Å². The van der Waals surface area contributed by atoms with E-state index in [1.54, 1.807) is 31.4 Å². The highest BCUT2D eigenvalue weighted by molar-refractivity contribution is 6.36. The number of carbonyl (C=O) groups is 2. The van der Waals surface area contributed by atoms with Crippen LogP contribution < -0.4 is 0 Å². The molecule has 2 saturated heterocycles. The lowest BCUT2D eigenvalue weighted by Gasteiger charge is -2.34. The van der Waals surface area contributed by atoms with E-state index in [1.165, 1.54) is 4.90 Å². The van der Waals surface area contributed by atoms with Gasteiger partial charge in [-0.3, -0.25) is 9.59 Å². The summed E-state index contributed by atoms with van der Waals surface area (Å²) in [5.74, 6) is -1.60. The molecular weight excluding hydrogens is 576 g/mol. The van der Waals surface area contributed by atoms with Crippen LogP contribution >= 0.6 is 23.2 Å². The summed E-state index contributed by atoms with van der Waals surface area (Å²) in [6.45, 7) is 0.936. The molecule has 0 bridgehead atoms. The van der Waals surface area contributed by atoms with Crippen LogP contribution in [0, 0.1) is 11.8 Å². The molecule has 41 heavy (non-hydrogen) atoms. The Morgan fingerprint density at radius 3 is 2.07 bits per heavy atom. The SMILES string of the molecule is CO[C@H]1CC[C@H](N2CC[C@@H](Cc3c(Cl)cc(-c4ccc(C(=O)N5CCC(C(F)(F)F)CC5)cc4)cc3Cl)C2=O)CC1. The zero-order valence-electron chi connectivity index (χ0n) is 23.1. The number of benzene rings is 2. The van der Waals surface area contributed by atoms with Gasteiger partial charge in [-0.2, -0.15) is 13.2 Å². The number of methoxy groups -OCH3 is 1. The van der Waals surface area contributed by atoms with Gasteiger partial charge in [-0.1, -0.05) is 35.3 Å². The van der Waals surface area contributed by atoms with Gasteiger partial charge in [0.25, 0.3) is 5.91 Å². The minimum Gasteiger partial charge on any atom is -0.381 e. The summed E-state index contributed by atoms with van der Waals surface area (Å²) in [6, 6.07) is 10.8. The standard InChI is InChI=1S/C31H35Cl2F3N2O3/c1-41-25-8-6-24(7-9-25)38-15-10-21(30(38)40)16-26-27(32)17-22(18-28(26)33)19-2-4-20(5-3-19)29(39)37-13-11-23(12-14-37)31(34,35)36/h2-5,17-18,21,23-25H,6-16H2,1H3/t21-,24-,25-/m0/s1. The minimum absolute atomic E-state index is 0.0729. The van der Waals surface area contributed by atoms with E-state index in [1.807, 2.05) is 17.0 Å². The van der Waals surface area contributed by atoms with Crippen molar-refractivity contribution >= 4 is 35.0 Å². The van der Waals surface area contributed by atoms with Crippen molar-refractivity contribution in [1.29, 1.82) is 0 Å². The van der Waals surface area contributed by atoms with Crippen molar-refractivity contribution in [3.63, 3.8) is 0 Å². The molecule has 222 valence electrons. The Labute approximate surface area is 248 Å². The van der Waals surface area contributed by atoms with Gasteiger partial charge in [0.1, 0.15) is 0 Å². The molecule has 2 aromatic rings. The molecular formula is C31H35Cl2F3N2O3. The predicted molar refractivity (Wildman–Crippen MR) is 153 cm³/mol. The normalized spacial score (nSPS) is 24.2. The van der Waals surface area contributed by atoms with E-state index in [0.717, 1.165) is 55.3 Å². The van der Waals surface area contributed by atoms with Crippen LogP contribution in [0.25, 0.3) is 11.1 Å². The Morgan fingerprint density at radius 2 is 1.51 bits per heavy atom. The van der Waals surface area contributed by atoms with E-state index in [2.05, 4.69) is 0 Å². The highest BCUT2D eigenvalue weighted by Crippen LogP contribution is 2.38. The van der Waals surface area contributed by atoms with Gasteiger partial charge < -0.3 is 14.5 Å². The quantitative estimate of drug-likeness (QED) is 0.342. The number of rotatable bonds is 6.